The highest BCUT2D eigenvalue weighted by Crippen LogP contribution is 2.39. The minimum Gasteiger partial charge on any atom is -0.352 e. The van der Waals surface area contributed by atoms with Gasteiger partial charge in [-0.1, -0.05) is 43.3 Å². The van der Waals surface area contributed by atoms with E-state index in [1.54, 1.807) is 11.3 Å². The van der Waals surface area contributed by atoms with Crippen LogP contribution in [0.2, 0.25) is 0 Å². The molecule has 1 saturated heterocycles. The Balaban J connectivity index is 1.89. The topological polar surface area (TPSA) is 29.1 Å². The largest absolute Gasteiger partial charge is 0.352 e. The zero-order valence-electron chi connectivity index (χ0n) is 10.9. The lowest BCUT2D eigenvalue weighted by atomic mass is 9.78. The van der Waals surface area contributed by atoms with E-state index in [2.05, 4.69) is 54.0 Å². The van der Waals surface area contributed by atoms with Crippen LogP contribution in [0, 0.1) is 0 Å². The highest BCUT2D eigenvalue weighted by Gasteiger charge is 2.44. The number of carbonyl (C=O) groups is 1. The Morgan fingerprint density at radius 2 is 2.05 bits per heavy atom. The quantitative estimate of drug-likeness (QED) is 0.913. The fraction of sp³-hybridized carbons (Fsp3) is 0.312. The van der Waals surface area contributed by atoms with Gasteiger partial charge in [0.2, 0.25) is 5.91 Å². The second kappa shape index (κ2) is 4.82. The predicted molar refractivity (Wildman–Crippen MR) is 78.4 cm³/mol. The molecule has 2 unspecified atom stereocenters. The molecule has 1 aliphatic heterocycles. The lowest BCUT2D eigenvalue weighted by molar-refractivity contribution is -0.119. The summed E-state index contributed by atoms with van der Waals surface area (Å²) in [5, 5.41) is 5.24. The number of carbonyl (C=O) groups excluding carboxylic acids is 1. The van der Waals surface area contributed by atoms with Crippen LogP contribution in [0.5, 0.6) is 0 Å². The van der Waals surface area contributed by atoms with Gasteiger partial charge in [0.05, 0.1) is 0 Å². The molecule has 19 heavy (non-hydrogen) atoms. The summed E-state index contributed by atoms with van der Waals surface area (Å²) >= 11 is 1.74. The van der Waals surface area contributed by atoms with Crippen LogP contribution < -0.4 is 5.32 Å². The number of thiophene rings is 1. The maximum absolute atomic E-state index is 11.8. The van der Waals surface area contributed by atoms with Crippen LogP contribution in [-0.4, -0.2) is 11.9 Å². The van der Waals surface area contributed by atoms with E-state index >= 15 is 0 Å². The van der Waals surface area contributed by atoms with Crippen molar-refractivity contribution < 1.29 is 4.79 Å². The highest BCUT2D eigenvalue weighted by molar-refractivity contribution is 7.10. The summed E-state index contributed by atoms with van der Waals surface area (Å²) < 4.78 is 0. The van der Waals surface area contributed by atoms with Crippen LogP contribution in [0.3, 0.4) is 0 Å². The molecule has 0 radical (unpaired) electrons. The monoisotopic (exact) mass is 271 g/mol. The molecule has 0 spiro atoms. The van der Waals surface area contributed by atoms with Crippen LogP contribution in [0.4, 0.5) is 0 Å². The number of hydrogen-bond donors (Lipinski definition) is 1. The molecule has 2 atom stereocenters. The van der Waals surface area contributed by atoms with E-state index in [0.717, 1.165) is 6.42 Å². The fourth-order valence-corrected chi connectivity index (χ4v) is 3.79. The van der Waals surface area contributed by atoms with Crippen molar-refractivity contribution in [2.45, 2.75) is 31.2 Å². The first kappa shape index (κ1) is 12.4. The Morgan fingerprint density at radius 3 is 2.74 bits per heavy atom. The molecule has 2 heterocycles. The fourth-order valence-electron chi connectivity index (χ4n) is 2.85. The third-order valence-corrected chi connectivity index (χ3v) is 5.15. The molecule has 1 amide bonds. The third-order valence-electron chi connectivity index (χ3n) is 4.00. The average Bonchev–Trinajstić information content (AvgIpc) is 3.01. The second-order valence-electron chi connectivity index (χ2n) is 5.38. The molecule has 2 aromatic rings. The van der Waals surface area contributed by atoms with Crippen LogP contribution in [0.1, 0.15) is 23.8 Å². The van der Waals surface area contributed by atoms with Crippen molar-refractivity contribution in [3.05, 3.63) is 58.3 Å². The molecular weight excluding hydrogens is 254 g/mol. The Morgan fingerprint density at radius 1 is 1.26 bits per heavy atom. The number of amides is 1. The summed E-state index contributed by atoms with van der Waals surface area (Å²) in [5.41, 5.74) is 1.19. The first-order chi connectivity index (χ1) is 9.18. The Labute approximate surface area is 117 Å². The van der Waals surface area contributed by atoms with Crippen LogP contribution in [0.25, 0.3) is 0 Å². The third kappa shape index (κ3) is 2.30. The smallest absolute Gasteiger partial charge is 0.221 e. The van der Waals surface area contributed by atoms with E-state index in [9.17, 15) is 4.79 Å². The minimum absolute atomic E-state index is 0.0823. The Bertz CT molecular complexity index is 564. The maximum Gasteiger partial charge on any atom is 0.221 e. The average molecular weight is 271 g/mol. The standard InChI is InChI=1S/C16H17NOS/c1-16(14-8-5-9-19-14)11-15(18)17-13(16)10-12-6-3-2-4-7-12/h2-9,13H,10-11H2,1H3,(H,17,18). The second-order valence-corrected chi connectivity index (χ2v) is 6.33. The van der Waals surface area contributed by atoms with Crippen molar-refractivity contribution in [1.82, 2.24) is 5.32 Å². The van der Waals surface area contributed by atoms with Gasteiger partial charge >= 0.3 is 0 Å². The van der Waals surface area contributed by atoms with Gasteiger partial charge in [-0.25, -0.2) is 0 Å². The van der Waals surface area contributed by atoms with Crippen LogP contribution in [0.15, 0.2) is 47.8 Å². The maximum atomic E-state index is 11.8. The van der Waals surface area contributed by atoms with Crippen molar-refractivity contribution in [2.24, 2.45) is 0 Å². The summed E-state index contributed by atoms with van der Waals surface area (Å²) in [6.07, 6.45) is 1.48. The lowest BCUT2D eigenvalue weighted by Gasteiger charge is -2.29. The molecule has 1 fully saturated rings. The van der Waals surface area contributed by atoms with Gasteiger partial charge in [0.1, 0.15) is 0 Å². The van der Waals surface area contributed by atoms with E-state index in [0.29, 0.717) is 6.42 Å². The van der Waals surface area contributed by atoms with Crippen LogP contribution >= 0.6 is 11.3 Å². The SMILES string of the molecule is CC1(c2cccs2)CC(=O)NC1Cc1ccccc1. The zero-order valence-corrected chi connectivity index (χ0v) is 11.7. The molecule has 0 bridgehead atoms. The molecule has 3 rings (SSSR count). The van der Waals surface area contributed by atoms with Crippen LogP contribution in [-0.2, 0) is 16.6 Å². The van der Waals surface area contributed by atoms with E-state index in [4.69, 9.17) is 0 Å². The van der Waals surface area contributed by atoms with Gasteiger partial charge in [0.15, 0.2) is 0 Å². The molecular formula is C16H17NOS. The van der Waals surface area contributed by atoms with Gasteiger partial charge in [-0.15, -0.1) is 11.3 Å². The summed E-state index contributed by atoms with van der Waals surface area (Å²) in [4.78, 5) is 13.1. The summed E-state index contributed by atoms with van der Waals surface area (Å²) in [6.45, 7) is 2.20. The minimum atomic E-state index is -0.0823. The lowest BCUT2D eigenvalue weighted by Crippen LogP contribution is -2.39. The van der Waals surface area contributed by atoms with Gasteiger partial charge < -0.3 is 5.32 Å². The van der Waals surface area contributed by atoms with E-state index in [1.165, 1.54) is 10.4 Å². The number of benzene rings is 1. The van der Waals surface area contributed by atoms with Crippen molar-refractivity contribution in [3.63, 3.8) is 0 Å². The molecule has 3 heteroatoms. The first-order valence-electron chi connectivity index (χ1n) is 6.56. The van der Waals surface area contributed by atoms with Gasteiger partial charge in [-0.2, -0.15) is 0 Å². The summed E-state index contributed by atoms with van der Waals surface area (Å²) in [6, 6.07) is 14.8. The molecule has 0 saturated carbocycles. The number of rotatable bonds is 3. The number of nitrogens with one attached hydrogen (secondary N) is 1. The highest BCUT2D eigenvalue weighted by atomic mass is 32.1. The van der Waals surface area contributed by atoms with Gasteiger partial charge in [-0.3, -0.25) is 4.79 Å². The molecule has 0 aliphatic carbocycles. The van der Waals surface area contributed by atoms with E-state index in [1.807, 2.05) is 6.07 Å². The zero-order chi connectivity index (χ0) is 13.3. The van der Waals surface area contributed by atoms with E-state index in [-0.39, 0.29) is 17.4 Å². The summed E-state index contributed by atoms with van der Waals surface area (Å²) in [7, 11) is 0. The molecule has 1 N–H and O–H groups in total. The number of hydrogen-bond acceptors (Lipinski definition) is 2. The molecule has 1 aromatic carbocycles. The van der Waals surface area contributed by atoms with Crippen molar-refractivity contribution >= 4 is 17.2 Å². The van der Waals surface area contributed by atoms with Crippen molar-refractivity contribution in [1.29, 1.82) is 0 Å². The molecule has 98 valence electrons. The van der Waals surface area contributed by atoms with Crippen molar-refractivity contribution in [2.75, 3.05) is 0 Å². The van der Waals surface area contributed by atoms with E-state index < -0.39 is 0 Å². The van der Waals surface area contributed by atoms with Gasteiger partial charge in [-0.05, 0) is 23.4 Å². The Hall–Kier alpha value is -1.61. The normalized spacial score (nSPS) is 26.4. The molecule has 1 aromatic heterocycles. The van der Waals surface area contributed by atoms with Gasteiger partial charge in [0, 0.05) is 22.8 Å². The van der Waals surface area contributed by atoms with Crippen molar-refractivity contribution in [3.8, 4) is 0 Å². The first-order valence-corrected chi connectivity index (χ1v) is 7.44. The molecule has 1 aliphatic rings. The molecule has 2 nitrogen and oxygen atoms in total. The Kier molecular flexibility index (Phi) is 3.15. The van der Waals surface area contributed by atoms with Gasteiger partial charge in [0.25, 0.3) is 0 Å². The predicted octanol–water partition coefficient (Wildman–Crippen LogP) is 3.14. The summed E-state index contributed by atoms with van der Waals surface area (Å²) in [5.74, 6) is 0.164.